The molecule has 0 aliphatic carbocycles. The predicted molar refractivity (Wildman–Crippen MR) is 122 cm³/mol. The molecule has 3 rings (SSSR count). The van der Waals surface area contributed by atoms with Crippen LogP contribution in [0.5, 0.6) is 17.2 Å². The molecule has 0 bridgehead atoms. The summed E-state index contributed by atoms with van der Waals surface area (Å²) >= 11 is 0. The lowest BCUT2D eigenvalue weighted by Gasteiger charge is -2.12. The van der Waals surface area contributed by atoms with Crippen LogP contribution in [0.25, 0.3) is 0 Å². The van der Waals surface area contributed by atoms with E-state index in [1.165, 1.54) is 5.56 Å². The van der Waals surface area contributed by atoms with Gasteiger partial charge in [-0.1, -0.05) is 42.5 Å². The van der Waals surface area contributed by atoms with Crippen molar-refractivity contribution in [2.45, 2.75) is 12.8 Å². The molecule has 0 heterocycles. The molecule has 0 atom stereocenters. The Bertz CT molecular complexity index is 976. The van der Waals surface area contributed by atoms with E-state index in [0.717, 1.165) is 17.7 Å². The van der Waals surface area contributed by atoms with E-state index in [2.05, 4.69) is 17.4 Å². The van der Waals surface area contributed by atoms with Crippen molar-refractivity contribution in [3.63, 3.8) is 0 Å². The van der Waals surface area contributed by atoms with Crippen LogP contribution in [0.4, 0.5) is 5.69 Å². The minimum absolute atomic E-state index is 0.126. The first-order chi connectivity index (χ1) is 15.2. The van der Waals surface area contributed by atoms with Crippen molar-refractivity contribution in [3.8, 4) is 17.2 Å². The van der Waals surface area contributed by atoms with E-state index in [4.69, 9.17) is 19.9 Å². The fourth-order valence-electron chi connectivity index (χ4n) is 3.10. The van der Waals surface area contributed by atoms with E-state index in [1.54, 1.807) is 19.2 Å². The molecule has 6 heteroatoms. The van der Waals surface area contributed by atoms with Crippen LogP contribution in [-0.4, -0.2) is 32.8 Å². The predicted octanol–water partition coefficient (Wildman–Crippen LogP) is 3.84. The minimum Gasteiger partial charge on any atom is -0.493 e. The molecule has 0 saturated heterocycles. The molecule has 0 aliphatic rings. The standard InChI is InChI=1S/C25H28N2O4/c1-29-24-16-20(10-11-23(24)31-15-13-26)17-25(28)27-21-8-5-9-22(18-21)30-14-12-19-6-3-2-4-7-19/h2-11,16,18H,12-15,17,26H2,1H3,(H,27,28). The second kappa shape index (κ2) is 11.6. The molecule has 3 aromatic rings. The number of nitrogens with one attached hydrogen (secondary N) is 1. The fourth-order valence-corrected chi connectivity index (χ4v) is 3.10. The molecule has 0 aromatic heterocycles. The van der Waals surface area contributed by atoms with E-state index >= 15 is 0 Å². The number of carbonyl (C=O) groups is 1. The van der Waals surface area contributed by atoms with E-state index < -0.39 is 0 Å². The van der Waals surface area contributed by atoms with Crippen molar-refractivity contribution in [3.05, 3.63) is 83.9 Å². The number of carbonyl (C=O) groups excluding carboxylic acids is 1. The number of benzene rings is 3. The average Bonchev–Trinajstić information content (AvgIpc) is 2.79. The van der Waals surface area contributed by atoms with Gasteiger partial charge in [0, 0.05) is 24.7 Å². The zero-order chi connectivity index (χ0) is 21.9. The van der Waals surface area contributed by atoms with Gasteiger partial charge >= 0.3 is 0 Å². The molecule has 0 spiro atoms. The number of anilines is 1. The Balaban J connectivity index is 1.53. The monoisotopic (exact) mass is 420 g/mol. The highest BCUT2D eigenvalue weighted by Gasteiger charge is 2.10. The summed E-state index contributed by atoms with van der Waals surface area (Å²) in [4.78, 5) is 12.5. The lowest BCUT2D eigenvalue weighted by atomic mass is 10.1. The normalized spacial score (nSPS) is 10.4. The molecule has 6 nitrogen and oxygen atoms in total. The third kappa shape index (κ3) is 7.04. The maximum Gasteiger partial charge on any atom is 0.228 e. The van der Waals surface area contributed by atoms with Crippen LogP contribution in [0, 0.1) is 0 Å². The molecule has 3 aromatic carbocycles. The number of nitrogens with two attached hydrogens (primary N) is 1. The fraction of sp³-hybridized carbons (Fsp3) is 0.240. The van der Waals surface area contributed by atoms with Crippen molar-refractivity contribution in [2.75, 3.05) is 32.2 Å². The summed E-state index contributed by atoms with van der Waals surface area (Å²) in [6.07, 6.45) is 1.04. The van der Waals surface area contributed by atoms with Crippen LogP contribution >= 0.6 is 0 Å². The van der Waals surface area contributed by atoms with Gasteiger partial charge in [-0.25, -0.2) is 0 Å². The third-order valence-corrected chi connectivity index (χ3v) is 4.59. The molecule has 0 saturated carbocycles. The Hall–Kier alpha value is -3.51. The van der Waals surface area contributed by atoms with E-state index in [0.29, 0.717) is 36.9 Å². The van der Waals surface area contributed by atoms with Crippen molar-refractivity contribution in [2.24, 2.45) is 5.73 Å². The van der Waals surface area contributed by atoms with Gasteiger partial charge in [0.25, 0.3) is 0 Å². The van der Waals surface area contributed by atoms with Crippen LogP contribution in [0.2, 0.25) is 0 Å². The quantitative estimate of drug-likeness (QED) is 0.493. The number of hydrogen-bond acceptors (Lipinski definition) is 5. The SMILES string of the molecule is COc1cc(CC(=O)Nc2cccc(OCCc3ccccc3)c2)ccc1OCCN. The Morgan fingerprint density at radius 1 is 0.871 bits per heavy atom. The van der Waals surface area contributed by atoms with Gasteiger partial charge in [0.1, 0.15) is 12.4 Å². The molecule has 31 heavy (non-hydrogen) atoms. The zero-order valence-electron chi connectivity index (χ0n) is 17.7. The Labute approximate surface area is 182 Å². The summed E-state index contributed by atoms with van der Waals surface area (Å²) in [6.45, 7) is 1.39. The molecule has 0 radical (unpaired) electrons. The summed E-state index contributed by atoms with van der Waals surface area (Å²) in [5.74, 6) is 1.78. The second-order valence-electron chi connectivity index (χ2n) is 6.96. The highest BCUT2D eigenvalue weighted by Crippen LogP contribution is 2.28. The van der Waals surface area contributed by atoms with Crippen LogP contribution in [-0.2, 0) is 17.6 Å². The topological polar surface area (TPSA) is 82.8 Å². The van der Waals surface area contributed by atoms with E-state index in [9.17, 15) is 4.79 Å². The maximum atomic E-state index is 12.5. The summed E-state index contributed by atoms with van der Waals surface area (Å²) in [7, 11) is 1.57. The van der Waals surface area contributed by atoms with Crippen LogP contribution < -0.4 is 25.3 Å². The molecular formula is C25H28N2O4. The molecule has 162 valence electrons. The molecule has 3 N–H and O–H groups in total. The Morgan fingerprint density at radius 2 is 1.71 bits per heavy atom. The first-order valence-electron chi connectivity index (χ1n) is 10.2. The van der Waals surface area contributed by atoms with Crippen LogP contribution in [0.1, 0.15) is 11.1 Å². The Kier molecular flexibility index (Phi) is 8.31. The summed E-state index contributed by atoms with van der Waals surface area (Å²) in [6, 6.07) is 23.0. The van der Waals surface area contributed by atoms with Gasteiger partial charge in [-0.2, -0.15) is 0 Å². The number of rotatable bonds is 11. The van der Waals surface area contributed by atoms with Gasteiger partial charge in [-0.3, -0.25) is 4.79 Å². The largest absolute Gasteiger partial charge is 0.493 e. The Morgan fingerprint density at radius 3 is 2.48 bits per heavy atom. The van der Waals surface area contributed by atoms with Gasteiger partial charge in [0.2, 0.25) is 5.91 Å². The highest BCUT2D eigenvalue weighted by atomic mass is 16.5. The van der Waals surface area contributed by atoms with Gasteiger partial charge in [-0.15, -0.1) is 0 Å². The maximum absolute atomic E-state index is 12.5. The van der Waals surface area contributed by atoms with Gasteiger partial charge in [0.05, 0.1) is 20.1 Å². The van der Waals surface area contributed by atoms with E-state index in [-0.39, 0.29) is 12.3 Å². The van der Waals surface area contributed by atoms with Gasteiger partial charge in [-0.05, 0) is 35.4 Å². The third-order valence-electron chi connectivity index (χ3n) is 4.59. The number of methoxy groups -OCH3 is 1. The zero-order valence-corrected chi connectivity index (χ0v) is 17.7. The number of amides is 1. The molecule has 0 fully saturated rings. The molecular weight excluding hydrogens is 392 g/mol. The van der Waals surface area contributed by atoms with Crippen molar-refractivity contribution < 1.29 is 19.0 Å². The lowest BCUT2D eigenvalue weighted by molar-refractivity contribution is -0.115. The van der Waals surface area contributed by atoms with E-state index in [1.807, 2.05) is 48.5 Å². The van der Waals surface area contributed by atoms with Crippen LogP contribution in [0.3, 0.4) is 0 Å². The second-order valence-corrected chi connectivity index (χ2v) is 6.96. The molecule has 1 amide bonds. The number of ether oxygens (including phenoxy) is 3. The number of hydrogen-bond donors (Lipinski definition) is 2. The lowest BCUT2D eigenvalue weighted by Crippen LogP contribution is -2.15. The average molecular weight is 421 g/mol. The smallest absolute Gasteiger partial charge is 0.228 e. The van der Waals surface area contributed by atoms with Crippen LogP contribution in [0.15, 0.2) is 72.8 Å². The molecule has 0 aliphatic heterocycles. The summed E-state index contributed by atoms with van der Waals surface area (Å²) in [5.41, 5.74) is 8.21. The molecule has 0 unspecified atom stereocenters. The highest BCUT2D eigenvalue weighted by molar-refractivity contribution is 5.92. The summed E-state index contributed by atoms with van der Waals surface area (Å²) < 4.78 is 16.7. The summed E-state index contributed by atoms with van der Waals surface area (Å²) in [5, 5.41) is 2.92. The van der Waals surface area contributed by atoms with Crippen molar-refractivity contribution >= 4 is 11.6 Å². The van der Waals surface area contributed by atoms with Gasteiger partial charge in [0.15, 0.2) is 11.5 Å². The van der Waals surface area contributed by atoms with Crippen molar-refractivity contribution in [1.82, 2.24) is 0 Å². The first kappa shape index (κ1) is 22.2. The minimum atomic E-state index is -0.126. The van der Waals surface area contributed by atoms with Gasteiger partial charge < -0.3 is 25.3 Å². The van der Waals surface area contributed by atoms with Crippen molar-refractivity contribution in [1.29, 1.82) is 0 Å². The first-order valence-corrected chi connectivity index (χ1v) is 10.2.